The SMILES string of the molecule is Nc1ncccc1C(=O)NC1COc2ccccc21. The fourth-order valence-electron chi connectivity index (χ4n) is 2.13. The molecule has 1 aliphatic heterocycles. The minimum atomic E-state index is -0.240. The van der Waals surface area contributed by atoms with Crippen molar-refractivity contribution in [2.24, 2.45) is 0 Å². The average Bonchev–Trinajstić information content (AvgIpc) is 2.83. The number of aromatic nitrogens is 1. The normalized spacial score (nSPS) is 16.5. The molecule has 1 aromatic carbocycles. The van der Waals surface area contributed by atoms with Crippen molar-refractivity contribution >= 4 is 11.7 Å². The first-order chi connectivity index (χ1) is 9.25. The Labute approximate surface area is 110 Å². The summed E-state index contributed by atoms with van der Waals surface area (Å²) in [7, 11) is 0. The zero-order chi connectivity index (χ0) is 13.2. The molecule has 0 aliphatic carbocycles. The van der Waals surface area contributed by atoms with Crippen LogP contribution >= 0.6 is 0 Å². The molecule has 0 spiro atoms. The number of benzene rings is 1. The van der Waals surface area contributed by atoms with E-state index in [0.717, 1.165) is 11.3 Å². The first-order valence-corrected chi connectivity index (χ1v) is 5.99. The number of para-hydroxylation sites is 1. The number of nitrogen functional groups attached to an aromatic ring is 1. The molecular formula is C14H13N3O2. The molecule has 3 N–H and O–H groups in total. The lowest BCUT2D eigenvalue weighted by Crippen LogP contribution is -2.30. The van der Waals surface area contributed by atoms with Crippen LogP contribution in [-0.2, 0) is 0 Å². The minimum Gasteiger partial charge on any atom is -0.491 e. The van der Waals surface area contributed by atoms with E-state index in [9.17, 15) is 4.79 Å². The molecule has 19 heavy (non-hydrogen) atoms. The van der Waals surface area contributed by atoms with Crippen LogP contribution in [0.1, 0.15) is 22.0 Å². The third-order valence-corrected chi connectivity index (χ3v) is 3.09. The Morgan fingerprint density at radius 2 is 2.16 bits per heavy atom. The maximum atomic E-state index is 12.1. The first kappa shape index (κ1) is 11.5. The first-order valence-electron chi connectivity index (χ1n) is 5.99. The van der Waals surface area contributed by atoms with Gasteiger partial charge in [-0.2, -0.15) is 0 Å². The van der Waals surface area contributed by atoms with Crippen LogP contribution in [0.2, 0.25) is 0 Å². The molecule has 0 bridgehead atoms. The van der Waals surface area contributed by atoms with Gasteiger partial charge in [0, 0.05) is 11.8 Å². The van der Waals surface area contributed by atoms with Crippen LogP contribution in [0.5, 0.6) is 5.75 Å². The predicted octanol–water partition coefficient (Wildman–Crippen LogP) is 1.53. The molecule has 5 heteroatoms. The zero-order valence-electron chi connectivity index (χ0n) is 10.2. The second kappa shape index (κ2) is 4.61. The molecule has 0 saturated carbocycles. The summed E-state index contributed by atoms with van der Waals surface area (Å²) < 4.78 is 5.52. The second-order valence-electron chi connectivity index (χ2n) is 4.31. The number of nitrogens with zero attached hydrogens (tertiary/aromatic N) is 1. The largest absolute Gasteiger partial charge is 0.491 e. The highest BCUT2D eigenvalue weighted by molar-refractivity contribution is 5.98. The van der Waals surface area contributed by atoms with Crippen LogP contribution in [0.25, 0.3) is 0 Å². The van der Waals surface area contributed by atoms with Crippen LogP contribution < -0.4 is 15.8 Å². The van der Waals surface area contributed by atoms with Crippen LogP contribution in [0, 0.1) is 0 Å². The van der Waals surface area contributed by atoms with Gasteiger partial charge >= 0.3 is 0 Å². The van der Waals surface area contributed by atoms with E-state index in [1.165, 1.54) is 0 Å². The number of nitrogens with two attached hydrogens (primary N) is 1. The molecule has 5 nitrogen and oxygen atoms in total. The lowest BCUT2D eigenvalue weighted by molar-refractivity contribution is 0.0931. The van der Waals surface area contributed by atoms with Crippen LogP contribution in [0.4, 0.5) is 5.82 Å². The topological polar surface area (TPSA) is 77.2 Å². The number of nitrogens with one attached hydrogen (secondary N) is 1. The maximum Gasteiger partial charge on any atom is 0.255 e. The number of hydrogen-bond donors (Lipinski definition) is 2. The molecule has 2 heterocycles. The Bertz CT molecular complexity index is 628. The van der Waals surface area contributed by atoms with Gasteiger partial charge in [-0.15, -0.1) is 0 Å². The van der Waals surface area contributed by atoms with Crippen molar-refractivity contribution in [2.45, 2.75) is 6.04 Å². The van der Waals surface area contributed by atoms with E-state index in [1.807, 2.05) is 24.3 Å². The van der Waals surface area contributed by atoms with Crippen molar-refractivity contribution < 1.29 is 9.53 Å². The standard InChI is InChI=1S/C14H13N3O2/c15-13-10(5-3-7-16-13)14(18)17-11-8-19-12-6-2-1-4-9(11)12/h1-7,11H,8H2,(H2,15,16)(H,17,18). The van der Waals surface area contributed by atoms with E-state index in [4.69, 9.17) is 10.5 Å². The molecule has 1 atom stereocenters. The number of hydrogen-bond acceptors (Lipinski definition) is 4. The summed E-state index contributed by atoms with van der Waals surface area (Å²) in [6, 6.07) is 10.8. The Balaban J connectivity index is 1.81. The van der Waals surface area contributed by atoms with Gasteiger partial charge in [0.25, 0.3) is 5.91 Å². The van der Waals surface area contributed by atoms with Crippen molar-refractivity contribution in [3.63, 3.8) is 0 Å². The van der Waals surface area contributed by atoms with Crippen molar-refractivity contribution in [3.05, 3.63) is 53.7 Å². The van der Waals surface area contributed by atoms with Gasteiger partial charge in [0.2, 0.25) is 0 Å². The number of pyridine rings is 1. The highest BCUT2D eigenvalue weighted by Crippen LogP contribution is 2.31. The molecule has 1 aromatic heterocycles. The van der Waals surface area contributed by atoms with Gasteiger partial charge in [-0.05, 0) is 18.2 Å². The molecule has 1 unspecified atom stereocenters. The van der Waals surface area contributed by atoms with E-state index in [-0.39, 0.29) is 17.8 Å². The summed E-state index contributed by atoms with van der Waals surface area (Å²) in [4.78, 5) is 16.0. The third kappa shape index (κ3) is 2.10. The van der Waals surface area contributed by atoms with Crippen LogP contribution in [0.15, 0.2) is 42.6 Å². The smallest absolute Gasteiger partial charge is 0.255 e. The lowest BCUT2D eigenvalue weighted by Gasteiger charge is -2.12. The number of fused-ring (bicyclic) bond motifs is 1. The Kier molecular flexibility index (Phi) is 2.79. The van der Waals surface area contributed by atoms with E-state index < -0.39 is 0 Å². The number of carbonyl (C=O) groups is 1. The van der Waals surface area contributed by atoms with Gasteiger partial charge in [-0.25, -0.2) is 4.98 Å². The highest BCUT2D eigenvalue weighted by Gasteiger charge is 2.25. The van der Waals surface area contributed by atoms with E-state index in [1.54, 1.807) is 18.3 Å². The van der Waals surface area contributed by atoms with Crippen molar-refractivity contribution in [2.75, 3.05) is 12.3 Å². The summed E-state index contributed by atoms with van der Waals surface area (Å²) in [5, 5.41) is 2.91. The summed E-state index contributed by atoms with van der Waals surface area (Å²) in [5.41, 5.74) is 7.05. The fourth-order valence-corrected chi connectivity index (χ4v) is 2.13. The van der Waals surface area contributed by atoms with Gasteiger partial charge < -0.3 is 15.8 Å². The monoisotopic (exact) mass is 255 g/mol. The van der Waals surface area contributed by atoms with Crippen LogP contribution in [-0.4, -0.2) is 17.5 Å². The number of rotatable bonds is 2. The third-order valence-electron chi connectivity index (χ3n) is 3.09. The van der Waals surface area contributed by atoms with Gasteiger partial charge in [0.05, 0.1) is 11.6 Å². The highest BCUT2D eigenvalue weighted by atomic mass is 16.5. The molecule has 0 saturated heterocycles. The summed E-state index contributed by atoms with van der Waals surface area (Å²) >= 11 is 0. The van der Waals surface area contributed by atoms with E-state index in [2.05, 4.69) is 10.3 Å². The molecule has 1 amide bonds. The molecule has 1 aliphatic rings. The van der Waals surface area contributed by atoms with Crippen molar-refractivity contribution in [1.29, 1.82) is 0 Å². The van der Waals surface area contributed by atoms with Crippen LogP contribution in [0.3, 0.4) is 0 Å². The fraction of sp³-hybridized carbons (Fsp3) is 0.143. The Morgan fingerprint density at radius 1 is 1.32 bits per heavy atom. The van der Waals surface area contributed by atoms with Gasteiger partial charge in [0.1, 0.15) is 18.2 Å². The summed E-state index contributed by atoms with van der Waals surface area (Å²) in [6.45, 7) is 0.436. The molecule has 3 rings (SSSR count). The molecular weight excluding hydrogens is 242 g/mol. The Hall–Kier alpha value is -2.56. The van der Waals surface area contributed by atoms with E-state index in [0.29, 0.717) is 12.2 Å². The Morgan fingerprint density at radius 3 is 3.00 bits per heavy atom. The zero-order valence-corrected chi connectivity index (χ0v) is 10.2. The van der Waals surface area contributed by atoms with E-state index >= 15 is 0 Å². The maximum absolute atomic E-state index is 12.1. The average molecular weight is 255 g/mol. The van der Waals surface area contributed by atoms with Crippen molar-refractivity contribution in [1.82, 2.24) is 10.3 Å². The number of amides is 1. The van der Waals surface area contributed by atoms with Gasteiger partial charge in [-0.1, -0.05) is 18.2 Å². The number of anilines is 1. The minimum absolute atomic E-state index is 0.150. The van der Waals surface area contributed by atoms with Gasteiger partial charge in [-0.3, -0.25) is 4.79 Å². The predicted molar refractivity (Wildman–Crippen MR) is 70.8 cm³/mol. The molecule has 2 aromatic rings. The lowest BCUT2D eigenvalue weighted by atomic mass is 10.1. The van der Waals surface area contributed by atoms with Gasteiger partial charge in [0.15, 0.2) is 0 Å². The summed E-state index contributed by atoms with van der Waals surface area (Å²) in [5.74, 6) is 0.801. The quantitative estimate of drug-likeness (QED) is 0.853. The summed E-state index contributed by atoms with van der Waals surface area (Å²) in [6.07, 6.45) is 1.56. The second-order valence-corrected chi connectivity index (χ2v) is 4.31. The number of ether oxygens (including phenoxy) is 1. The molecule has 0 radical (unpaired) electrons. The number of carbonyl (C=O) groups excluding carboxylic acids is 1. The molecule has 96 valence electrons. The van der Waals surface area contributed by atoms with Crippen molar-refractivity contribution in [3.8, 4) is 5.75 Å². The molecule has 0 fully saturated rings.